The number of aromatic nitrogens is 3. The first kappa shape index (κ1) is 13.5. The first-order chi connectivity index (χ1) is 10.2. The molecule has 3 aromatic rings. The first-order valence-corrected chi connectivity index (χ1v) is 6.98. The van der Waals surface area contributed by atoms with Gasteiger partial charge in [-0.15, -0.1) is 10.2 Å². The van der Waals surface area contributed by atoms with E-state index in [9.17, 15) is 4.79 Å². The first-order valence-electron chi connectivity index (χ1n) is 6.00. The maximum Gasteiger partial charge on any atom is 0.269 e. The van der Waals surface area contributed by atoms with Crippen molar-refractivity contribution < 1.29 is 9.21 Å². The number of thioether (sulfide) groups is 1. The zero-order valence-corrected chi connectivity index (χ0v) is 11.6. The average Bonchev–Trinajstić information content (AvgIpc) is 3.07. The summed E-state index contributed by atoms with van der Waals surface area (Å²) in [6.07, 6.45) is 1.40. The normalized spacial score (nSPS) is 10.9. The molecule has 0 unspecified atom stereocenters. The SMILES string of the molecule is NNC(=O)c1c(CSc2nncn2N)oc2ccccc12. The summed E-state index contributed by atoms with van der Waals surface area (Å²) in [5.41, 5.74) is 3.18. The van der Waals surface area contributed by atoms with Gasteiger partial charge in [-0.1, -0.05) is 30.0 Å². The molecular formula is C12H12N6O2S. The second-order valence-electron chi connectivity index (χ2n) is 4.18. The number of para-hydroxylation sites is 1. The van der Waals surface area contributed by atoms with Crippen molar-refractivity contribution in [2.45, 2.75) is 10.9 Å². The summed E-state index contributed by atoms with van der Waals surface area (Å²) in [4.78, 5) is 12.0. The highest BCUT2D eigenvalue weighted by Crippen LogP contribution is 2.30. The van der Waals surface area contributed by atoms with Crippen LogP contribution in [0.4, 0.5) is 0 Å². The number of nitrogen functional groups attached to an aromatic ring is 2. The van der Waals surface area contributed by atoms with E-state index in [2.05, 4.69) is 15.6 Å². The van der Waals surface area contributed by atoms with Crippen LogP contribution in [0.25, 0.3) is 11.0 Å². The molecule has 0 spiro atoms. The molecule has 0 saturated heterocycles. The van der Waals surface area contributed by atoms with Crippen molar-refractivity contribution in [3.05, 3.63) is 41.9 Å². The summed E-state index contributed by atoms with van der Waals surface area (Å²) in [7, 11) is 0. The number of nitrogens with one attached hydrogen (secondary N) is 1. The van der Waals surface area contributed by atoms with Crippen LogP contribution < -0.4 is 17.1 Å². The number of amides is 1. The minimum absolute atomic E-state index is 0.382. The van der Waals surface area contributed by atoms with Crippen molar-refractivity contribution in [1.82, 2.24) is 20.3 Å². The molecule has 9 heteroatoms. The lowest BCUT2D eigenvalue weighted by Gasteiger charge is -2.01. The van der Waals surface area contributed by atoms with Crippen LogP contribution >= 0.6 is 11.8 Å². The highest BCUT2D eigenvalue weighted by atomic mass is 32.2. The molecular weight excluding hydrogens is 292 g/mol. The highest BCUT2D eigenvalue weighted by Gasteiger charge is 2.20. The zero-order valence-electron chi connectivity index (χ0n) is 10.8. The Balaban J connectivity index is 1.97. The van der Waals surface area contributed by atoms with E-state index >= 15 is 0 Å². The number of hydrogen-bond donors (Lipinski definition) is 3. The number of carbonyl (C=O) groups excluding carboxylic acids is 1. The maximum atomic E-state index is 12.0. The number of furan rings is 1. The summed E-state index contributed by atoms with van der Waals surface area (Å²) in [6, 6.07) is 7.27. The van der Waals surface area contributed by atoms with Gasteiger partial charge in [0.1, 0.15) is 17.7 Å². The van der Waals surface area contributed by atoms with Gasteiger partial charge in [-0.05, 0) is 6.07 Å². The smallest absolute Gasteiger partial charge is 0.269 e. The Morgan fingerprint density at radius 3 is 2.95 bits per heavy atom. The van der Waals surface area contributed by atoms with Gasteiger partial charge in [-0.25, -0.2) is 10.5 Å². The van der Waals surface area contributed by atoms with Crippen LogP contribution in [0.2, 0.25) is 0 Å². The fourth-order valence-electron chi connectivity index (χ4n) is 1.98. The third-order valence-corrected chi connectivity index (χ3v) is 3.86. The van der Waals surface area contributed by atoms with Crippen LogP contribution in [0.15, 0.2) is 40.2 Å². The molecule has 0 saturated carbocycles. The molecule has 5 N–H and O–H groups in total. The molecule has 2 heterocycles. The van der Waals surface area contributed by atoms with Crippen LogP contribution in [-0.4, -0.2) is 20.8 Å². The minimum atomic E-state index is -0.398. The van der Waals surface area contributed by atoms with Gasteiger partial charge in [0.2, 0.25) is 5.16 Å². The number of nitrogens with two attached hydrogens (primary N) is 2. The van der Waals surface area contributed by atoms with Crippen molar-refractivity contribution in [3.8, 4) is 0 Å². The number of hydrazine groups is 1. The number of benzene rings is 1. The van der Waals surface area contributed by atoms with Crippen LogP contribution in [0.1, 0.15) is 16.1 Å². The molecule has 0 aliphatic rings. The zero-order chi connectivity index (χ0) is 14.8. The van der Waals surface area contributed by atoms with E-state index in [4.69, 9.17) is 16.1 Å². The van der Waals surface area contributed by atoms with E-state index in [0.29, 0.717) is 33.2 Å². The molecule has 2 aromatic heterocycles. The van der Waals surface area contributed by atoms with Gasteiger partial charge in [-0.3, -0.25) is 10.2 Å². The monoisotopic (exact) mass is 304 g/mol. The van der Waals surface area contributed by atoms with Crippen molar-refractivity contribution in [3.63, 3.8) is 0 Å². The predicted molar refractivity (Wildman–Crippen MR) is 77.6 cm³/mol. The topological polar surface area (TPSA) is 125 Å². The molecule has 0 fully saturated rings. The Morgan fingerprint density at radius 2 is 2.24 bits per heavy atom. The Hall–Kier alpha value is -2.52. The molecule has 1 aromatic carbocycles. The number of fused-ring (bicyclic) bond motifs is 1. The molecule has 0 aliphatic carbocycles. The molecule has 3 rings (SSSR count). The molecule has 108 valence electrons. The van der Waals surface area contributed by atoms with Gasteiger partial charge in [0.15, 0.2) is 0 Å². The Labute approximate surface area is 123 Å². The van der Waals surface area contributed by atoms with E-state index < -0.39 is 5.91 Å². The van der Waals surface area contributed by atoms with Gasteiger partial charge in [-0.2, -0.15) is 0 Å². The second kappa shape index (κ2) is 5.46. The van der Waals surface area contributed by atoms with Crippen LogP contribution in [-0.2, 0) is 5.75 Å². The van der Waals surface area contributed by atoms with Gasteiger partial charge in [0.05, 0.1) is 11.3 Å². The van der Waals surface area contributed by atoms with E-state index in [-0.39, 0.29) is 0 Å². The van der Waals surface area contributed by atoms with Crippen LogP contribution in [0, 0.1) is 0 Å². The second-order valence-corrected chi connectivity index (χ2v) is 5.12. The summed E-state index contributed by atoms with van der Waals surface area (Å²) in [5.74, 6) is 11.4. The third kappa shape index (κ3) is 2.43. The molecule has 8 nitrogen and oxygen atoms in total. The van der Waals surface area contributed by atoms with Gasteiger partial charge in [0, 0.05) is 5.39 Å². The van der Waals surface area contributed by atoms with Gasteiger partial charge >= 0.3 is 0 Å². The van der Waals surface area contributed by atoms with E-state index in [1.165, 1.54) is 22.8 Å². The maximum absolute atomic E-state index is 12.0. The van der Waals surface area contributed by atoms with Crippen molar-refractivity contribution in [1.29, 1.82) is 0 Å². The quantitative estimate of drug-likeness (QED) is 0.279. The van der Waals surface area contributed by atoms with E-state index in [1.54, 1.807) is 6.07 Å². The van der Waals surface area contributed by atoms with Crippen LogP contribution in [0.5, 0.6) is 0 Å². The predicted octanol–water partition coefficient (Wildman–Crippen LogP) is 0.634. The Kier molecular flexibility index (Phi) is 3.50. The number of hydrogen-bond acceptors (Lipinski definition) is 7. The number of nitrogens with zero attached hydrogens (tertiary/aromatic N) is 3. The molecule has 1 amide bonds. The summed E-state index contributed by atoms with van der Waals surface area (Å²) in [6.45, 7) is 0. The average molecular weight is 304 g/mol. The molecule has 0 atom stereocenters. The lowest BCUT2D eigenvalue weighted by Crippen LogP contribution is -2.30. The van der Waals surface area contributed by atoms with Crippen LogP contribution in [0.3, 0.4) is 0 Å². The largest absolute Gasteiger partial charge is 0.459 e. The fraction of sp³-hybridized carbons (Fsp3) is 0.0833. The van der Waals surface area contributed by atoms with Crippen molar-refractivity contribution >= 4 is 28.6 Å². The fourth-order valence-corrected chi connectivity index (χ4v) is 2.75. The number of carbonyl (C=O) groups is 1. The third-order valence-electron chi connectivity index (χ3n) is 2.90. The Bertz CT molecular complexity index is 796. The highest BCUT2D eigenvalue weighted by molar-refractivity contribution is 7.98. The van der Waals surface area contributed by atoms with Crippen molar-refractivity contribution in [2.24, 2.45) is 5.84 Å². The molecule has 21 heavy (non-hydrogen) atoms. The lowest BCUT2D eigenvalue weighted by molar-refractivity contribution is 0.0953. The van der Waals surface area contributed by atoms with Gasteiger partial charge < -0.3 is 10.3 Å². The van der Waals surface area contributed by atoms with Crippen molar-refractivity contribution in [2.75, 3.05) is 5.84 Å². The minimum Gasteiger partial charge on any atom is -0.459 e. The summed E-state index contributed by atoms with van der Waals surface area (Å²) < 4.78 is 7.03. The number of rotatable bonds is 4. The Morgan fingerprint density at radius 1 is 1.43 bits per heavy atom. The standard InChI is InChI=1S/C12H12N6O2S/c13-16-11(19)10-7-3-1-2-4-8(7)20-9(10)5-21-12-17-15-6-18(12)14/h1-4,6H,5,13-14H2,(H,16,19). The molecule has 0 aliphatic heterocycles. The van der Waals surface area contributed by atoms with E-state index in [0.717, 1.165) is 0 Å². The van der Waals surface area contributed by atoms with Gasteiger partial charge in [0.25, 0.3) is 5.91 Å². The summed E-state index contributed by atoms with van der Waals surface area (Å²) >= 11 is 1.31. The lowest BCUT2D eigenvalue weighted by atomic mass is 10.1. The molecule has 0 radical (unpaired) electrons. The van der Waals surface area contributed by atoms with E-state index in [1.807, 2.05) is 18.2 Å². The molecule has 0 bridgehead atoms. The summed E-state index contributed by atoms with van der Waals surface area (Å²) in [5, 5.41) is 8.79.